The fourth-order valence-electron chi connectivity index (χ4n) is 2.03. The normalized spacial score (nSPS) is 11.7. The van der Waals surface area contributed by atoms with Gasteiger partial charge in [-0.25, -0.2) is 0 Å². The van der Waals surface area contributed by atoms with Crippen LogP contribution in [0.5, 0.6) is 0 Å². The molecule has 8 heteroatoms. The van der Waals surface area contributed by atoms with E-state index in [1.165, 1.54) is 6.20 Å². The van der Waals surface area contributed by atoms with E-state index in [1.807, 2.05) is 0 Å². The third-order valence-electron chi connectivity index (χ3n) is 3.06. The molecule has 0 aliphatic rings. The Labute approximate surface area is 121 Å². The number of nitrogens with zero attached hydrogens (tertiary/aromatic N) is 3. The molecule has 0 saturated carbocycles. The lowest BCUT2D eigenvalue weighted by Crippen LogP contribution is -2.39. The van der Waals surface area contributed by atoms with Gasteiger partial charge in [-0.3, -0.25) is 9.48 Å². The van der Waals surface area contributed by atoms with Gasteiger partial charge >= 0.3 is 6.18 Å². The second-order valence-corrected chi connectivity index (χ2v) is 4.85. The molecule has 0 saturated heterocycles. The van der Waals surface area contributed by atoms with Gasteiger partial charge < -0.3 is 10.6 Å². The second kappa shape index (κ2) is 7.44. The summed E-state index contributed by atoms with van der Waals surface area (Å²) in [5.41, 5.74) is 6.19. The number of carbonyl (C=O) groups excluding carboxylic acids is 1. The first kappa shape index (κ1) is 17.5. The summed E-state index contributed by atoms with van der Waals surface area (Å²) in [5.74, 6) is -0.634. The Morgan fingerprint density at radius 1 is 1.48 bits per heavy atom. The van der Waals surface area contributed by atoms with E-state index in [1.54, 1.807) is 18.5 Å². The summed E-state index contributed by atoms with van der Waals surface area (Å²) in [6.07, 6.45) is -1.93. The standard InChI is InChI=1S/C13H21F3N4O/c1-3-6-19(9-13(14,15)16)12(21)11-8-18-20(10(11)2)7-4-5-17/h8H,3-7,9,17H2,1-2H3. The van der Waals surface area contributed by atoms with Crippen LogP contribution in [-0.2, 0) is 6.54 Å². The van der Waals surface area contributed by atoms with E-state index >= 15 is 0 Å². The largest absolute Gasteiger partial charge is 0.406 e. The molecule has 0 aliphatic carbocycles. The predicted molar refractivity (Wildman–Crippen MR) is 72.9 cm³/mol. The lowest BCUT2D eigenvalue weighted by molar-refractivity contribution is -0.140. The minimum atomic E-state index is -4.41. The van der Waals surface area contributed by atoms with E-state index in [2.05, 4.69) is 5.10 Å². The number of carbonyl (C=O) groups is 1. The van der Waals surface area contributed by atoms with Crippen molar-refractivity contribution in [1.29, 1.82) is 0 Å². The van der Waals surface area contributed by atoms with Crippen molar-refractivity contribution in [3.8, 4) is 0 Å². The summed E-state index contributed by atoms with van der Waals surface area (Å²) in [5, 5.41) is 4.05. The number of aromatic nitrogens is 2. The molecule has 1 heterocycles. The van der Waals surface area contributed by atoms with Gasteiger partial charge in [0.1, 0.15) is 6.54 Å². The molecule has 0 fully saturated rings. The van der Waals surface area contributed by atoms with Gasteiger partial charge in [0.25, 0.3) is 5.91 Å². The minimum absolute atomic E-state index is 0.0613. The molecule has 0 aliphatic heterocycles. The van der Waals surface area contributed by atoms with Crippen molar-refractivity contribution in [2.45, 2.75) is 39.4 Å². The molecule has 1 amide bonds. The monoisotopic (exact) mass is 306 g/mol. The Balaban J connectivity index is 2.91. The number of amides is 1. The van der Waals surface area contributed by atoms with Gasteiger partial charge in [-0.05, 0) is 26.3 Å². The zero-order valence-electron chi connectivity index (χ0n) is 12.3. The van der Waals surface area contributed by atoms with Gasteiger partial charge in [0, 0.05) is 18.8 Å². The first-order valence-corrected chi connectivity index (χ1v) is 6.88. The number of hydrogen-bond acceptors (Lipinski definition) is 3. The third kappa shape index (κ3) is 5.04. The van der Waals surface area contributed by atoms with Crippen LogP contribution in [0.2, 0.25) is 0 Å². The van der Waals surface area contributed by atoms with E-state index in [-0.39, 0.29) is 12.1 Å². The highest BCUT2D eigenvalue weighted by Gasteiger charge is 2.33. The van der Waals surface area contributed by atoms with E-state index in [9.17, 15) is 18.0 Å². The predicted octanol–water partition coefficient (Wildman–Crippen LogP) is 1.95. The highest BCUT2D eigenvalue weighted by Crippen LogP contribution is 2.19. The third-order valence-corrected chi connectivity index (χ3v) is 3.06. The highest BCUT2D eigenvalue weighted by atomic mass is 19.4. The van der Waals surface area contributed by atoms with Crippen LogP contribution < -0.4 is 5.73 Å². The van der Waals surface area contributed by atoms with Crippen LogP contribution in [0.4, 0.5) is 13.2 Å². The molecule has 0 atom stereocenters. The Morgan fingerprint density at radius 3 is 2.67 bits per heavy atom. The summed E-state index contributed by atoms with van der Waals surface area (Å²) in [7, 11) is 0. The lowest BCUT2D eigenvalue weighted by Gasteiger charge is -2.23. The molecule has 5 nitrogen and oxygen atoms in total. The first-order valence-electron chi connectivity index (χ1n) is 6.88. The van der Waals surface area contributed by atoms with Crippen molar-refractivity contribution in [3.05, 3.63) is 17.5 Å². The highest BCUT2D eigenvalue weighted by molar-refractivity contribution is 5.95. The van der Waals surface area contributed by atoms with E-state index in [0.29, 0.717) is 31.6 Å². The van der Waals surface area contributed by atoms with E-state index in [4.69, 9.17) is 5.73 Å². The molecule has 0 spiro atoms. The zero-order valence-corrected chi connectivity index (χ0v) is 12.3. The molecule has 0 radical (unpaired) electrons. The number of alkyl halides is 3. The molecule has 21 heavy (non-hydrogen) atoms. The Kier molecular flexibility index (Phi) is 6.19. The van der Waals surface area contributed by atoms with Gasteiger partial charge in [-0.1, -0.05) is 6.92 Å². The van der Waals surface area contributed by atoms with Crippen LogP contribution in [-0.4, -0.2) is 46.4 Å². The van der Waals surface area contributed by atoms with Gasteiger partial charge in [0.05, 0.1) is 11.8 Å². The topological polar surface area (TPSA) is 64.2 Å². The second-order valence-electron chi connectivity index (χ2n) is 4.85. The van der Waals surface area contributed by atoms with Crippen LogP contribution in [0.3, 0.4) is 0 Å². The SMILES string of the molecule is CCCN(CC(F)(F)F)C(=O)c1cnn(CCCN)c1C. The summed E-state index contributed by atoms with van der Waals surface area (Å²) in [6, 6.07) is 0. The molecule has 0 aromatic carbocycles. The summed E-state index contributed by atoms with van der Waals surface area (Å²) >= 11 is 0. The van der Waals surface area contributed by atoms with Crippen molar-refractivity contribution in [2.24, 2.45) is 5.73 Å². The Hall–Kier alpha value is -1.57. The molecular formula is C13H21F3N4O. The quantitative estimate of drug-likeness (QED) is 0.837. The fourth-order valence-corrected chi connectivity index (χ4v) is 2.03. The van der Waals surface area contributed by atoms with Gasteiger partial charge in [-0.15, -0.1) is 0 Å². The van der Waals surface area contributed by atoms with Gasteiger partial charge in [-0.2, -0.15) is 18.3 Å². The number of aryl methyl sites for hydroxylation is 1. The molecule has 2 N–H and O–H groups in total. The molecule has 0 unspecified atom stereocenters. The smallest absolute Gasteiger partial charge is 0.330 e. The van der Waals surface area contributed by atoms with Crippen molar-refractivity contribution < 1.29 is 18.0 Å². The van der Waals surface area contributed by atoms with Crippen LogP contribution in [0.1, 0.15) is 35.8 Å². The number of nitrogens with two attached hydrogens (primary N) is 1. The van der Waals surface area contributed by atoms with Crippen LogP contribution in [0, 0.1) is 6.92 Å². The first-order chi connectivity index (χ1) is 9.80. The molecule has 1 rings (SSSR count). The van der Waals surface area contributed by atoms with Crippen LogP contribution in [0.25, 0.3) is 0 Å². The molecule has 120 valence electrons. The van der Waals surface area contributed by atoms with Crippen molar-refractivity contribution in [1.82, 2.24) is 14.7 Å². The minimum Gasteiger partial charge on any atom is -0.330 e. The van der Waals surface area contributed by atoms with Gasteiger partial charge in [0.15, 0.2) is 0 Å². The lowest BCUT2D eigenvalue weighted by atomic mass is 10.2. The summed E-state index contributed by atoms with van der Waals surface area (Å²) in [4.78, 5) is 13.1. The number of halogens is 3. The van der Waals surface area contributed by atoms with Crippen LogP contribution >= 0.6 is 0 Å². The summed E-state index contributed by atoms with van der Waals surface area (Å²) < 4.78 is 39.2. The average molecular weight is 306 g/mol. The molecule has 1 aromatic heterocycles. The molecule has 0 bridgehead atoms. The molecular weight excluding hydrogens is 285 g/mol. The van der Waals surface area contributed by atoms with Crippen molar-refractivity contribution in [2.75, 3.05) is 19.6 Å². The Bertz CT molecular complexity index is 470. The maximum atomic E-state index is 12.5. The number of hydrogen-bond donors (Lipinski definition) is 1. The maximum Gasteiger partial charge on any atom is 0.406 e. The van der Waals surface area contributed by atoms with Gasteiger partial charge in [0.2, 0.25) is 0 Å². The Morgan fingerprint density at radius 2 is 2.14 bits per heavy atom. The van der Waals surface area contributed by atoms with E-state index < -0.39 is 18.6 Å². The maximum absolute atomic E-state index is 12.5. The van der Waals surface area contributed by atoms with Crippen molar-refractivity contribution >= 4 is 5.91 Å². The van der Waals surface area contributed by atoms with Crippen molar-refractivity contribution in [3.63, 3.8) is 0 Å². The molecule has 1 aromatic rings. The fraction of sp³-hybridized carbons (Fsp3) is 0.692. The zero-order chi connectivity index (χ0) is 16.0. The number of rotatable bonds is 7. The average Bonchev–Trinajstić information content (AvgIpc) is 2.75. The summed E-state index contributed by atoms with van der Waals surface area (Å²) in [6.45, 7) is 3.25. The van der Waals surface area contributed by atoms with Crippen LogP contribution in [0.15, 0.2) is 6.20 Å². The van der Waals surface area contributed by atoms with E-state index in [0.717, 1.165) is 4.90 Å².